The molecule has 3 amide bonds. The number of carbonyl (C=O) groups excluding carboxylic acids is 2. The average Bonchev–Trinajstić information content (AvgIpc) is 3.05. The lowest BCUT2D eigenvalue weighted by Gasteiger charge is -2.14. The SMILES string of the molecule is CC(NC(=O)NCC(=O)NCc1ccco1)c1ccccc1. The maximum absolute atomic E-state index is 11.7. The lowest BCUT2D eigenvalue weighted by molar-refractivity contribution is -0.120. The maximum Gasteiger partial charge on any atom is 0.315 e. The molecule has 1 heterocycles. The highest BCUT2D eigenvalue weighted by molar-refractivity contribution is 5.83. The van der Waals surface area contributed by atoms with Crippen LogP contribution < -0.4 is 16.0 Å². The van der Waals surface area contributed by atoms with Gasteiger partial charge in [0.2, 0.25) is 5.91 Å². The first-order valence-corrected chi connectivity index (χ1v) is 7.03. The van der Waals surface area contributed by atoms with E-state index in [4.69, 9.17) is 4.42 Å². The van der Waals surface area contributed by atoms with Crippen LogP contribution in [0.5, 0.6) is 0 Å². The molecule has 0 radical (unpaired) electrons. The fourth-order valence-corrected chi connectivity index (χ4v) is 1.89. The second-order valence-corrected chi connectivity index (χ2v) is 4.82. The summed E-state index contributed by atoms with van der Waals surface area (Å²) in [6.07, 6.45) is 1.54. The molecular weight excluding hydrogens is 282 g/mol. The van der Waals surface area contributed by atoms with Crippen LogP contribution in [0.15, 0.2) is 53.1 Å². The molecule has 22 heavy (non-hydrogen) atoms. The predicted octanol–water partition coefficient (Wildman–Crippen LogP) is 1.96. The quantitative estimate of drug-likeness (QED) is 0.762. The van der Waals surface area contributed by atoms with Gasteiger partial charge in [0.15, 0.2) is 0 Å². The zero-order valence-electron chi connectivity index (χ0n) is 12.3. The van der Waals surface area contributed by atoms with Crippen molar-refractivity contribution in [2.75, 3.05) is 6.54 Å². The van der Waals surface area contributed by atoms with Crippen LogP contribution in [-0.4, -0.2) is 18.5 Å². The van der Waals surface area contributed by atoms with Gasteiger partial charge in [-0.25, -0.2) is 4.79 Å². The van der Waals surface area contributed by atoms with Crippen molar-refractivity contribution in [2.24, 2.45) is 0 Å². The third-order valence-corrected chi connectivity index (χ3v) is 3.10. The normalized spacial score (nSPS) is 11.5. The van der Waals surface area contributed by atoms with Gasteiger partial charge in [0.1, 0.15) is 5.76 Å². The number of amides is 3. The van der Waals surface area contributed by atoms with Crippen LogP contribution in [0.2, 0.25) is 0 Å². The zero-order valence-corrected chi connectivity index (χ0v) is 12.3. The molecule has 0 saturated carbocycles. The highest BCUT2D eigenvalue weighted by Crippen LogP contribution is 2.10. The van der Waals surface area contributed by atoms with Gasteiger partial charge >= 0.3 is 6.03 Å². The molecule has 0 spiro atoms. The Morgan fingerprint density at radius 1 is 1.09 bits per heavy atom. The minimum absolute atomic E-state index is 0.0892. The van der Waals surface area contributed by atoms with Gasteiger partial charge in [-0.2, -0.15) is 0 Å². The molecule has 116 valence electrons. The number of urea groups is 1. The van der Waals surface area contributed by atoms with Crippen LogP contribution >= 0.6 is 0 Å². The Morgan fingerprint density at radius 2 is 1.86 bits per heavy atom. The molecule has 0 aliphatic carbocycles. The number of furan rings is 1. The van der Waals surface area contributed by atoms with Crippen molar-refractivity contribution < 1.29 is 14.0 Å². The molecule has 3 N–H and O–H groups in total. The summed E-state index contributed by atoms with van der Waals surface area (Å²) in [5, 5.41) is 7.94. The van der Waals surface area contributed by atoms with E-state index in [-0.39, 0.29) is 24.5 Å². The second-order valence-electron chi connectivity index (χ2n) is 4.82. The van der Waals surface area contributed by atoms with Crippen LogP contribution in [0.1, 0.15) is 24.3 Å². The molecule has 0 aliphatic heterocycles. The van der Waals surface area contributed by atoms with Gasteiger partial charge < -0.3 is 20.4 Å². The van der Waals surface area contributed by atoms with Crippen LogP contribution in [0.4, 0.5) is 4.79 Å². The molecule has 1 aromatic carbocycles. The number of rotatable bonds is 6. The first kappa shape index (κ1) is 15.6. The summed E-state index contributed by atoms with van der Waals surface area (Å²) in [4.78, 5) is 23.3. The zero-order chi connectivity index (χ0) is 15.8. The van der Waals surface area contributed by atoms with Crippen LogP contribution in [0, 0.1) is 0 Å². The van der Waals surface area contributed by atoms with Gasteiger partial charge in [0.25, 0.3) is 0 Å². The average molecular weight is 301 g/mol. The molecule has 1 atom stereocenters. The van der Waals surface area contributed by atoms with E-state index in [0.717, 1.165) is 5.56 Å². The lowest BCUT2D eigenvalue weighted by atomic mass is 10.1. The molecule has 0 fully saturated rings. The largest absolute Gasteiger partial charge is 0.467 e. The summed E-state index contributed by atoms with van der Waals surface area (Å²) in [5.41, 5.74) is 1.000. The Kier molecular flexibility index (Phi) is 5.59. The second kappa shape index (κ2) is 7.87. The van der Waals surface area contributed by atoms with Gasteiger partial charge in [0, 0.05) is 0 Å². The van der Waals surface area contributed by atoms with Crippen molar-refractivity contribution in [3.8, 4) is 0 Å². The molecule has 6 heteroatoms. The van der Waals surface area contributed by atoms with E-state index in [0.29, 0.717) is 12.3 Å². The molecular formula is C16H19N3O3. The number of hydrogen-bond acceptors (Lipinski definition) is 3. The summed E-state index contributed by atoms with van der Waals surface area (Å²) in [6, 6.07) is 12.6. The molecule has 1 aromatic heterocycles. The fraction of sp³-hybridized carbons (Fsp3) is 0.250. The van der Waals surface area contributed by atoms with E-state index in [1.54, 1.807) is 12.1 Å². The van der Waals surface area contributed by atoms with Gasteiger partial charge in [-0.15, -0.1) is 0 Å². The topological polar surface area (TPSA) is 83.4 Å². The molecule has 2 aromatic rings. The maximum atomic E-state index is 11.7. The van der Waals surface area contributed by atoms with Crippen LogP contribution in [0.3, 0.4) is 0 Å². The Hall–Kier alpha value is -2.76. The molecule has 0 bridgehead atoms. The van der Waals surface area contributed by atoms with E-state index < -0.39 is 0 Å². The van der Waals surface area contributed by atoms with Crippen molar-refractivity contribution in [3.05, 3.63) is 60.1 Å². The molecule has 1 unspecified atom stereocenters. The smallest absolute Gasteiger partial charge is 0.315 e. The van der Waals surface area contributed by atoms with E-state index >= 15 is 0 Å². The summed E-state index contributed by atoms with van der Waals surface area (Å²) in [6.45, 7) is 2.09. The van der Waals surface area contributed by atoms with Crippen molar-refractivity contribution in [1.29, 1.82) is 0 Å². The Bertz CT molecular complexity index is 596. The van der Waals surface area contributed by atoms with Crippen molar-refractivity contribution in [3.63, 3.8) is 0 Å². The lowest BCUT2D eigenvalue weighted by Crippen LogP contribution is -2.42. The number of hydrogen-bond donors (Lipinski definition) is 3. The number of carbonyl (C=O) groups is 2. The Labute approximate surface area is 128 Å². The first-order valence-electron chi connectivity index (χ1n) is 7.03. The Balaban J connectivity index is 1.67. The van der Waals surface area contributed by atoms with E-state index in [2.05, 4.69) is 16.0 Å². The van der Waals surface area contributed by atoms with E-state index in [1.807, 2.05) is 37.3 Å². The fourth-order valence-electron chi connectivity index (χ4n) is 1.89. The van der Waals surface area contributed by atoms with Gasteiger partial charge in [-0.3, -0.25) is 4.79 Å². The summed E-state index contributed by atoms with van der Waals surface area (Å²) >= 11 is 0. The molecule has 0 aliphatic rings. The first-order chi connectivity index (χ1) is 10.6. The van der Waals surface area contributed by atoms with E-state index in [9.17, 15) is 9.59 Å². The van der Waals surface area contributed by atoms with Crippen molar-refractivity contribution >= 4 is 11.9 Å². The molecule has 6 nitrogen and oxygen atoms in total. The van der Waals surface area contributed by atoms with Crippen molar-refractivity contribution in [2.45, 2.75) is 19.5 Å². The minimum Gasteiger partial charge on any atom is -0.467 e. The van der Waals surface area contributed by atoms with Gasteiger partial charge in [-0.1, -0.05) is 30.3 Å². The summed E-state index contributed by atoms with van der Waals surface area (Å²) < 4.78 is 5.10. The number of benzene rings is 1. The summed E-state index contributed by atoms with van der Waals surface area (Å²) in [7, 11) is 0. The van der Waals surface area contributed by atoms with E-state index in [1.165, 1.54) is 6.26 Å². The van der Waals surface area contributed by atoms with Crippen LogP contribution in [-0.2, 0) is 11.3 Å². The highest BCUT2D eigenvalue weighted by Gasteiger charge is 2.10. The molecule has 0 saturated heterocycles. The van der Waals surface area contributed by atoms with Crippen LogP contribution in [0.25, 0.3) is 0 Å². The third-order valence-electron chi connectivity index (χ3n) is 3.10. The monoisotopic (exact) mass is 301 g/mol. The standard InChI is InChI=1S/C16H19N3O3/c1-12(13-6-3-2-4-7-13)19-16(21)18-11-15(20)17-10-14-8-5-9-22-14/h2-9,12H,10-11H2,1H3,(H,17,20)(H2,18,19,21). The van der Waals surface area contributed by atoms with Gasteiger partial charge in [-0.05, 0) is 24.6 Å². The third kappa shape index (κ3) is 4.97. The minimum atomic E-state index is -0.385. The summed E-state index contributed by atoms with van der Waals surface area (Å²) in [5.74, 6) is 0.384. The predicted molar refractivity (Wildman–Crippen MR) is 81.9 cm³/mol. The number of nitrogens with one attached hydrogen (secondary N) is 3. The Morgan fingerprint density at radius 3 is 2.55 bits per heavy atom. The highest BCUT2D eigenvalue weighted by atomic mass is 16.3. The van der Waals surface area contributed by atoms with Crippen molar-refractivity contribution in [1.82, 2.24) is 16.0 Å². The van der Waals surface area contributed by atoms with Gasteiger partial charge in [0.05, 0.1) is 25.4 Å². The molecule has 2 rings (SSSR count).